The largest absolute Gasteiger partial charge is 0.294 e. The first kappa shape index (κ1) is 24.9. The van der Waals surface area contributed by atoms with Crippen LogP contribution in [0.3, 0.4) is 0 Å². The Kier molecular flexibility index (Phi) is 14.0. The third kappa shape index (κ3) is 12.4. The van der Waals surface area contributed by atoms with Gasteiger partial charge in [0.05, 0.1) is 4.90 Å². The molecule has 0 amide bonds. The van der Waals surface area contributed by atoms with Gasteiger partial charge in [-0.25, -0.2) is 0 Å². The summed E-state index contributed by atoms with van der Waals surface area (Å²) in [6.07, 6.45) is 23.1. The van der Waals surface area contributed by atoms with Gasteiger partial charge < -0.3 is 0 Å². The van der Waals surface area contributed by atoms with Gasteiger partial charge in [0.2, 0.25) is 0 Å². The summed E-state index contributed by atoms with van der Waals surface area (Å²) in [6, 6.07) is 6.74. The second-order valence-electron chi connectivity index (χ2n) is 7.77. The molecule has 1 aromatic rings. The third-order valence-electron chi connectivity index (χ3n) is 5.21. The standard InChI is InChI=1S/C24H40O3S/c1-2-3-4-5-6-7-8-9-10-11-12-13-14-15-16-17-20-23-21-18-19-22-24(23)28(25,26)27/h9-10,18-19,21-22H,2-8,11-17,20H2,1H3,(H,25,26,27). The second kappa shape index (κ2) is 15.8. The molecule has 0 saturated heterocycles. The Morgan fingerprint density at radius 3 is 1.82 bits per heavy atom. The van der Waals surface area contributed by atoms with E-state index in [1.54, 1.807) is 12.1 Å². The highest BCUT2D eigenvalue weighted by Gasteiger charge is 2.13. The molecule has 0 radical (unpaired) electrons. The highest BCUT2D eigenvalue weighted by Crippen LogP contribution is 2.18. The summed E-state index contributed by atoms with van der Waals surface area (Å²) in [4.78, 5) is 0.0581. The molecule has 0 aliphatic rings. The lowest BCUT2D eigenvalue weighted by Crippen LogP contribution is -2.03. The lowest BCUT2D eigenvalue weighted by atomic mass is 10.0. The second-order valence-corrected chi connectivity index (χ2v) is 9.16. The van der Waals surface area contributed by atoms with E-state index in [-0.39, 0.29) is 4.90 Å². The Balaban J connectivity index is 1.97. The van der Waals surface area contributed by atoms with Crippen LogP contribution < -0.4 is 0 Å². The van der Waals surface area contributed by atoms with Gasteiger partial charge in [0, 0.05) is 0 Å². The molecule has 0 aromatic heterocycles. The Hall–Kier alpha value is -1.13. The molecule has 0 aliphatic carbocycles. The Bertz CT molecular complexity index is 635. The molecule has 1 aromatic carbocycles. The van der Waals surface area contributed by atoms with Crippen LogP contribution in [0.4, 0.5) is 0 Å². The van der Waals surface area contributed by atoms with E-state index in [2.05, 4.69) is 19.1 Å². The van der Waals surface area contributed by atoms with Gasteiger partial charge >= 0.3 is 0 Å². The Labute approximate surface area is 173 Å². The van der Waals surface area contributed by atoms with Crippen molar-refractivity contribution in [2.24, 2.45) is 0 Å². The molecule has 28 heavy (non-hydrogen) atoms. The quantitative estimate of drug-likeness (QED) is 0.165. The zero-order chi connectivity index (χ0) is 20.5. The lowest BCUT2D eigenvalue weighted by molar-refractivity contribution is 0.481. The van der Waals surface area contributed by atoms with Crippen LogP contribution in [0.2, 0.25) is 0 Å². The molecule has 0 saturated carbocycles. The van der Waals surface area contributed by atoms with Gasteiger partial charge in [0.1, 0.15) is 0 Å². The first-order valence-corrected chi connectivity index (χ1v) is 12.7. The number of rotatable bonds is 17. The molecule has 4 heteroatoms. The van der Waals surface area contributed by atoms with Crippen LogP contribution in [-0.4, -0.2) is 13.0 Å². The summed E-state index contributed by atoms with van der Waals surface area (Å²) in [5, 5.41) is 0. The lowest BCUT2D eigenvalue weighted by Gasteiger charge is -2.06. The zero-order valence-electron chi connectivity index (χ0n) is 17.7. The third-order valence-corrected chi connectivity index (χ3v) is 6.16. The molecule has 3 nitrogen and oxygen atoms in total. The molecule has 0 fully saturated rings. The van der Waals surface area contributed by atoms with Crippen molar-refractivity contribution in [2.75, 3.05) is 0 Å². The Morgan fingerprint density at radius 2 is 1.25 bits per heavy atom. The van der Waals surface area contributed by atoms with E-state index in [1.807, 2.05) is 6.07 Å². The van der Waals surface area contributed by atoms with E-state index < -0.39 is 10.1 Å². The molecule has 1 N–H and O–H groups in total. The van der Waals surface area contributed by atoms with Crippen molar-refractivity contribution in [3.63, 3.8) is 0 Å². The zero-order valence-corrected chi connectivity index (χ0v) is 18.6. The van der Waals surface area contributed by atoms with Crippen molar-refractivity contribution in [1.29, 1.82) is 0 Å². The summed E-state index contributed by atoms with van der Waals surface area (Å²) < 4.78 is 32.0. The van der Waals surface area contributed by atoms with Gasteiger partial charge in [-0.05, 0) is 50.2 Å². The van der Waals surface area contributed by atoms with Gasteiger partial charge in [0.15, 0.2) is 0 Å². The van der Waals surface area contributed by atoms with Gasteiger partial charge in [-0.3, -0.25) is 4.55 Å². The smallest absolute Gasteiger partial charge is 0.282 e. The van der Waals surface area contributed by atoms with Crippen LogP contribution in [0.25, 0.3) is 0 Å². The van der Waals surface area contributed by atoms with Crippen LogP contribution in [0.5, 0.6) is 0 Å². The van der Waals surface area contributed by atoms with Gasteiger partial charge in [-0.2, -0.15) is 8.42 Å². The average Bonchev–Trinajstić information content (AvgIpc) is 2.67. The average molecular weight is 409 g/mol. The summed E-state index contributed by atoms with van der Waals surface area (Å²) >= 11 is 0. The topological polar surface area (TPSA) is 54.4 Å². The first-order chi connectivity index (χ1) is 13.6. The van der Waals surface area contributed by atoms with Crippen LogP contribution in [0.1, 0.15) is 102 Å². The molecule has 0 aliphatic heterocycles. The molecular weight excluding hydrogens is 368 g/mol. The van der Waals surface area contributed by atoms with E-state index in [0.717, 1.165) is 18.4 Å². The molecule has 0 heterocycles. The summed E-state index contributed by atoms with van der Waals surface area (Å²) in [5.74, 6) is 0. The number of benzene rings is 1. The molecule has 0 spiro atoms. The van der Waals surface area contributed by atoms with Gasteiger partial charge in [0.25, 0.3) is 10.1 Å². The maximum absolute atomic E-state index is 11.4. The van der Waals surface area contributed by atoms with E-state index in [9.17, 15) is 13.0 Å². The highest BCUT2D eigenvalue weighted by molar-refractivity contribution is 7.85. The van der Waals surface area contributed by atoms with E-state index in [0.29, 0.717) is 6.42 Å². The SMILES string of the molecule is CCCCCCCCC=CCCCCCCCCc1ccccc1S(=O)(=O)O. The Morgan fingerprint density at radius 1 is 0.750 bits per heavy atom. The molecule has 0 bridgehead atoms. The summed E-state index contributed by atoms with van der Waals surface area (Å²) in [5.41, 5.74) is 0.723. The summed E-state index contributed by atoms with van der Waals surface area (Å²) in [7, 11) is -4.11. The van der Waals surface area contributed by atoms with Crippen molar-refractivity contribution < 1.29 is 13.0 Å². The normalized spacial score (nSPS) is 12.1. The predicted molar refractivity (Wildman–Crippen MR) is 119 cm³/mol. The van der Waals surface area contributed by atoms with E-state index in [4.69, 9.17) is 0 Å². The van der Waals surface area contributed by atoms with Crippen molar-refractivity contribution in [3.8, 4) is 0 Å². The predicted octanol–water partition coefficient (Wildman–Crippen LogP) is 7.51. The van der Waals surface area contributed by atoms with Crippen molar-refractivity contribution >= 4 is 10.1 Å². The fraction of sp³-hybridized carbons (Fsp3) is 0.667. The van der Waals surface area contributed by atoms with Crippen LogP contribution in [0.15, 0.2) is 41.3 Å². The van der Waals surface area contributed by atoms with Crippen molar-refractivity contribution in [2.45, 2.75) is 108 Å². The maximum atomic E-state index is 11.4. The maximum Gasteiger partial charge on any atom is 0.294 e. The van der Waals surface area contributed by atoms with Crippen molar-refractivity contribution in [3.05, 3.63) is 42.0 Å². The van der Waals surface area contributed by atoms with Gasteiger partial charge in [-0.15, -0.1) is 0 Å². The fourth-order valence-electron chi connectivity index (χ4n) is 3.52. The minimum Gasteiger partial charge on any atom is -0.282 e. The summed E-state index contributed by atoms with van der Waals surface area (Å²) in [6.45, 7) is 2.26. The van der Waals surface area contributed by atoms with Gasteiger partial charge in [-0.1, -0.05) is 95.1 Å². The number of hydrogen-bond acceptors (Lipinski definition) is 2. The molecule has 160 valence electrons. The number of aryl methyl sites for hydroxylation is 1. The van der Waals surface area contributed by atoms with Crippen LogP contribution in [0, 0.1) is 0 Å². The van der Waals surface area contributed by atoms with E-state index >= 15 is 0 Å². The van der Waals surface area contributed by atoms with Crippen LogP contribution in [-0.2, 0) is 16.5 Å². The first-order valence-electron chi connectivity index (χ1n) is 11.3. The van der Waals surface area contributed by atoms with Crippen LogP contribution >= 0.6 is 0 Å². The fourth-order valence-corrected chi connectivity index (χ4v) is 4.28. The molecule has 0 unspecified atom stereocenters. The number of hydrogen-bond donors (Lipinski definition) is 1. The molecule has 0 atom stereocenters. The monoisotopic (exact) mass is 408 g/mol. The number of allylic oxidation sites excluding steroid dienone is 2. The minimum absolute atomic E-state index is 0.0581. The minimum atomic E-state index is -4.11. The molecule has 1 rings (SSSR count). The number of unbranched alkanes of at least 4 members (excludes halogenated alkanes) is 12. The highest BCUT2D eigenvalue weighted by atomic mass is 32.2. The molecular formula is C24H40O3S. The van der Waals surface area contributed by atoms with Crippen molar-refractivity contribution in [1.82, 2.24) is 0 Å². The van der Waals surface area contributed by atoms with E-state index in [1.165, 1.54) is 83.1 Å².